The molecule has 20 heavy (non-hydrogen) atoms. The van der Waals surface area contributed by atoms with Crippen LogP contribution in [0.25, 0.3) is 0 Å². The number of anilines is 1. The summed E-state index contributed by atoms with van der Waals surface area (Å²) in [5.74, 6) is 1.51. The van der Waals surface area contributed by atoms with E-state index in [9.17, 15) is 0 Å². The lowest BCUT2D eigenvalue weighted by molar-refractivity contribution is 0.308. The molecule has 1 fully saturated rings. The van der Waals surface area contributed by atoms with Gasteiger partial charge in [-0.3, -0.25) is 0 Å². The lowest BCUT2D eigenvalue weighted by Crippen LogP contribution is -2.44. The fraction of sp³-hybridized carbons (Fsp3) is 0.857. The highest BCUT2D eigenvalue weighted by molar-refractivity contribution is 5.28. The number of aryl methyl sites for hydroxylation is 1. The van der Waals surface area contributed by atoms with E-state index >= 15 is 0 Å². The standard InChI is InChI=1S/C14H27N5O/c1-4-7-15-12(2)5-6-13-16-14(17-20-13)19-10-8-18(3)9-11-19/h12,15H,4-11H2,1-3H3. The van der Waals surface area contributed by atoms with Crippen molar-refractivity contribution in [2.75, 3.05) is 44.7 Å². The molecule has 1 atom stereocenters. The first-order valence-corrected chi connectivity index (χ1v) is 7.68. The lowest BCUT2D eigenvalue weighted by atomic mass is 10.2. The largest absolute Gasteiger partial charge is 0.337 e. The molecule has 1 aromatic heterocycles. The van der Waals surface area contributed by atoms with E-state index < -0.39 is 0 Å². The van der Waals surface area contributed by atoms with Crippen molar-refractivity contribution in [3.63, 3.8) is 0 Å². The molecule has 0 saturated carbocycles. The van der Waals surface area contributed by atoms with Crippen LogP contribution in [0, 0.1) is 0 Å². The maximum Gasteiger partial charge on any atom is 0.266 e. The van der Waals surface area contributed by atoms with E-state index in [0.29, 0.717) is 6.04 Å². The summed E-state index contributed by atoms with van der Waals surface area (Å²) in [5.41, 5.74) is 0. The van der Waals surface area contributed by atoms with Gasteiger partial charge in [-0.05, 0) is 38.5 Å². The molecule has 0 spiro atoms. The van der Waals surface area contributed by atoms with Crippen LogP contribution in [0.15, 0.2) is 4.52 Å². The molecule has 0 bridgehead atoms. The first-order chi connectivity index (χ1) is 9.69. The van der Waals surface area contributed by atoms with Crippen molar-refractivity contribution < 1.29 is 4.52 Å². The second kappa shape index (κ2) is 7.59. The number of nitrogens with one attached hydrogen (secondary N) is 1. The lowest BCUT2D eigenvalue weighted by Gasteiger charge is -2.31. The number of aromatic nitrogens is 2. The van der Waals surface area contributed by atoms with Crippen molar-refractivity contribution in [3.05, 3.63) is 5.89 Å². The average molecular weight is 281 g/mol. The molecule has 6 heteroatoms. The van der Waals surface area contributed by atoms with Crippen molar-refractivity contribution in [2.45, 2.75) is 39.2 Å². The van der Waals surface area contributed by atoms with E-state index in [1.165, 1.54) is 6.42 Å². The Labute approximate surface area is 121 Å². The van der Waals surface area contributed by atoms with Crippen LogP contribution < -0.4 is 10.2 Å². The Morgan fingerprint density at radius 1 is 1.30 bits per heavy atom. The highest BCUT2D eigenvalue weighted by Crippen LogP contribution is 2.13. The number of nitrogens with zero attached hydrogens (tertiary/aromatic N) is 4. The number of rotatable bonds is 7. The normalized spacial score (nSPS) is 18.4. The fourth-order valence-corrected chi connectivity index (χ4v) is 2.32. The average Bonchev–Trinajstić information content (AvgIpc) is 2.92. The number of hydrogen-bond donors (Lipinski definition) is 1. The Kier molecular flexibility index (Phi) is 5.79. The van der Waals surface area contributed by atoms with Crippen LogP contribution in [0.5, 0.6) is 0 Å². The minimum atomic E-state index is 0.494. The summed E-state index contributed by atoms with van der Waals surface area (Å²) in [5, 5.41) is 7.58. The molecular weight excluding hydrogens is 254 g/mol. The van der Waals surface area contributed by atoms with Crippen molar-refractivity contribution in [3.8, 4) is 0 Å². The van der Waals surface area contributed by atoms with Crippen molar-refractivity contribution in [1.29, 1.82) is 0 Å². The zero-order valence-corrected chi connectivity index (χ0v) is 12.9. The van der Waals surface area contributed by atoms with Crippen LogP contribution in [0.1, 0.15) is 32.6 Å². The van der Waals surface area contributed by atoms with Crippen LogP contribution >= 0.6 is 0 Å². The van der Waals surface area contributed by atoms with E-state index in [0.717, 1.165) is 57.4 Å². The fourth-order valence-electron chi connectivity index (χ4n) is 2.32. The van der Waals surface area contributed by atoms with Crippen LogP contribution in [0.2, 0.25) is 0 Å². The second-order valence-corrected chi connectivity index (χ2v) is 5.67. The van der Waals surface area contributed by atoms with Crippen LogP contribution in [-0.4, -0.2) is 60.9 Å². The third-order valence-corrected chi connectivity index (χ3v) is 3.78. The molecule has 0 amide bonds. The Morgan fingerprint density at radius 3 is 2.75 bits per heavy atom. The van der Waals surface area contributed by atoms with Gasteiger partial charge in [0.15, 0.2) is 0 Å². The molecule has 2 heterocycles. The zero-order valence-electron chi connectivity index (χ0n) is 12.9. The molecule has 1 N–H and O–H groups in total. The number of piperazine rings is 1. The molecule has 1 unspecified atom stereocenters. The van der Waals surface area contributed by atoms with Crippen molar-refractivity contribution in [2.24, 2.45) is 0 Å². The van der Waals surface area contributed by atoms with E-state index in [1.54, 1.807) is 0 Å². The Bertz CT molecular complexity index is 387. The van der Waals surface area contributed by atoms with Gasteiger partial charge in [0.25, 0.3) is 5.95 Å². The van der Waals surface area contributed by atoms with E-state index in [-0.39, 0.29) is 0 Å². The Morgan fingerprint density at radius 2 is 2.05 bits per heavy atom. The van der Waals surface area contributed by atoms with Gasteiger partial charge in [0.1, 0.15) is 0 Å². The van der Waals surface area contributed by atoms with Gasteiger partial charge in [-0.2, -0.15) is 4.98 Å². The molecule has 1 aromatic rings. The smallest absolute Gasteiger partial charge is 0.266 e. The van der Waals surface area contributed by atoms with Gasteiger partial charge >= 0.3 is 0 Å². The third-order valence-electron chi connectivity index (χ3n) is 3.78. The predicted molar refractivity (Wildman–Crippen MR) is 80.1 cm³/mol. The highest BCUT2D eigenvalue weighted by Gasteiger charge is 2.19. The molecule has 0 radical (unpaired) electrons. The molecular formula is C14H27N5O. The van der Waals surface area contributed by atoms with Crippen molar-refractivity contribution in [1.82, 2.24) is 20.4 Å². The van der Waals surface area contributed by atoms with Gasteiger partial charge in [0.2, 0.25) is 5.89 Å². The minimum Gasteiger partial charge on any atom is -0.337 e. The number of hydrogen-bond acceptors (Lipinski definition) is 6. The first kappa shape index (κ1) is 15.3. The molecule has 6 nitrogen and oxygen atoms in total. The van der Waals surface area contributed by atoms with Crippen LogP contribution in [0.3, 0.4) is 0 Å². The summed E-state index contributed by atoms with van der Waals surface area (Å²) in [6, 6.07) is 0.494. The predicted octanol–water partition coefficient (Wildman–Crippen LogP) is 1.14. The molecule has 1 aliphatic heterocycles. The summed E-state index contributed by atoms with van der Waals surface area (Å²) in [7, 11) is 2.14. The van der Waals surface area contributed by atoms with Crippen molar-refractivity contribution >= 4 is 5.95 Å². The monoisotopic (exact) mass is 281 g/mol. The quantitative estimate of drug-likeness (QED) is 0.809. The second-order valence-electron chi connectivity index (χ2n) is 5.67. The zero-order chi connectivity index (χ0) is 14.4. The van der Waals surface area contributed by atoms with Gasteiger partial charge in [-0.25, -0.2) is 0 Å². The van der Waals surface area contributed by atoms with Crippen LogP contribution in [0.4, 0.5) is 5.95 Å². The SMILES string of the molecule is CCCNC(C)CCc1nc(N2CCN(C)CC2)no1. The number of likely N-dealkylation sites (N-methyl/N-ethyl adjacent to an activating group) is 1. The summed E-state index contributed by atoms with van der Waals surface area (Å²) >= 11 is 0. The Hall–Kier alpha value is -1.14. The van der Waals surface area contributed by atoms with Gasteiger partial charge in [-0.1, -0.05) is 6.92 Å². The maximum atomic E-state index is 5.36. The highest BCUT2D eigenvalue weighted by atomic mass is 16.5. The molecule has 1 aliphatic rings. The molecule has 114 valence electrons. The summed E-state index contributed by atoms with van der Waals surface area (Å²) < 4.78 is 5.36. The maximum absolute atomic E-state index is 5.36. The Balaban J connectivity index is 1.77. The minimum absolute atomic E-state index is 0.494. The summed E-state index contributed by atoms with van der Waals surface area (Å²) in [4.78, 5) is 9.03. The summed E-state index contributed by atoms with van der Waals surface area (Å²) in [6.07, 6.45) is 3.04. The third kappa shape index (κ3) is 4.45. The molecule has 0 aromatic carbocycles. The van der Waals surface area contributed by atoms with Gasteiger partial charge in [-0.15, -0.1) is 0 Å². The van der Waals surface area contributed by atoms with Crippen LogP contribution in [-0.2, 0) is 6.42 Å². The van der Waals surface area contributed by atoms with E-state index in [2.05, 4.69) is 46.2 Å². The first-order valence-electron chi connectivity index (χ1n) is 7.68. The topological polar surface area (TPSA) is 57.4 Å². The van der Waals surface area contributed by atoms with Gasteiger partial charge < -0.3 is 19.6 Å². The van der Waals surface area contributed by atoms with E-state index in [4.69, 9.17) is 4.52 Å². The van der Waals surface area contributed by atoms with Gasteiger partial charge in [0, 0.05) is 38.6 Å². The summed E-state index contributed by atoms with van der Waals surface area (Å²) in [6.45, 7) is 9.52. The van der Waals surface area contributed by atoms with Gasteiger partial charge in [0.05, 0.1) is 0 Å². The molecule has 1 saturated heterocycles. The van der Waals surface area contributed by atoms with E-state index in [1.807, 2.05) is 0 Å². The molecule has 0 aliphatic carbocycles. The molecule has 2 rings (SSSR count).